The van der Waals surface area contributed by atoms with Crippen LogP contribution in [0.15, 0.2) is 72.3 Å². The SMILES string of the molecule is CCCOc1cccc(N2C(=O)C(=O)/C(=C(\O)c3ccc(OCC)c(C(C)(C)C)c3)C2c2ccc(N(C)C)cc2)c1. The molecule has 1 aliphatic rings. The normalized spacial score (nSPS) is 16.7. The van der Waals surface area contributed by atoms with E-state index < -0.39 is 17.7 Å². The van der Waals surface area contributed by atoms with Gasteiger partial charge < -0.3 is 19.5 Å². The van der Waals surface area contributed by atoms with Crippen molar-refractivity contribution < 1.29 is 24.2 Å². The van der Waals surface area contributed by atoms with Crippen molar-refractivity contribution in [2.75, 3.05) is 37.1 Å². The molecule has 0 spiro atoms. The van der Waals surface area contributed by atoms with Crippen molar-refractivity contribution in [3.05, 3.63) is 89.0 Å². The smallest absolute Gasteiger partial charge is 0.300 e. The van der Waals surface area contributed by atoms with Gasteiger partial charge in [0.25, 0.3) is 11.7 Å². The van der Waals surface area contributed by atoms with Crippen LogP contribution in [-0.2, 0) is 15.0 Å². The standard InChI is InChI=1S/C34H40N2O5/c1-8-19-41-26-12-10-11-25(21-26)36-30(22-13-16-24(17-14-22)35(6)7)29(32(38)33(36)39)31(37)23-15-18-28(40-9-2)27(20-23)34(3,4)5/h10-18,20-21,30,37H,8-9,19H2,1-7H3/b31-29-. The van der Waals surface area contributed by atoms with Gasteiger partial charge in [0.05, 0.1) is 24.8 Å². The number of benzene rings is 3. The third-order valence-corrected chi connectivity index (χ3v) is 7.10. The maximum absolute atomic E-state index is 13.7. The number of nitrogens with zero attached hydrogens (tertiary/aromatic N) is 2. The predicted octanol–water partition coefficient (Wildman–Crippen LogP) is 6.86. The van der Waals surface area contributed by atoms with Crippen LogP contribution in [0.25, 0.3) is 5.76 Å². The molecule has 1 atom stereocenters. The van der Waals surface area contributed by atoms with Crippen molar-refractivity contribution >= 4 is 28.8 Å². The molecule has 1 aliphatic heterocycles. The van der Waals surface area contributed by atoms with Crippen LogP contribution < -0.4 is 19.3 Å². The summed E-state index contributed by atoms with van der Waals surface area (Å²) in [5.41, 5.74) is 3.30. The summed E-state index contributed by atoms with van der Waals surface area (Å²) in [6.07, 6.45) is 0.839. The van der Waals surface area contributed by atoms with Crippen LogP contribution in [0.2, 0.25) is 0 Å². The maximum atomic E-state index is 13.7. The summed E-state index contributed by atoms with van der Waals surface area (Å²) in [4.78, 5) is 30.8. The lowest BCUT2D eigenvalue weighted by molar-refractivity contribution is -0.132. The summed E-state index contributed by atoms with van der Waals surface area (Å²) in [5, 5.41) is 11.7. The number of amides is 1. The highest BCUT2D eigenvalue weighted by atomic mass is 16.5. The van der Waals surface area contributed by atoms with E-state index in [4.69, 9.17) is 9.47 Å². The minimum atomic E-state index is -0.836. The Balaban J connectivity index is 1.92. The van der Waals surface area contributed by atoms with Crippen LogP contribution in [0.3, 0.4) is 0 Å². The van der Waals surface area contributed by atoms with E-state index in [2.05, 4.69) is 20.8 Å². The first-order chi connectivity index (χ1) is 19.5. The number of hydrogen-bond donors (Lipinski definition) is 1. The summed E-state index contributed by atoms with van der Waals surface area (Å²) in [7, 11) is 3.89. The fourth-order valence-electron chi connectivity index (χ4n) is 5.01. The third kappa shape index (κ3) is 6.09. The Kier molecular flexibility index (Phi) is 8.76. The highest BCUT2D eigenvalue weighted by Gasteiger charge is 2.47. The van der Waals surface area contributed by atoms with E-state index in [9.17, 15) is 14.7 Å². The first-order valence-electron chi connectivity index (χ1n) is 14.1. The van der Waals surface area contributed by atoms with Gasteiger partial charge in [-0.05, 0) is 66.8 Å². The first-order valence-corrected chi connectivity index (χ1v) is 14.1. The first kappa shape index (κ1) is 29.7. The van der Waals surface area contributed by atoms with E-state index in [-0.39, 0.29) is 16.7 Å². The molecule has 1 fully saturated rings. The number of hydrogen-bond acceptors (Lipinski definition) is 6. The molecule has 0 saturated carbocycles. The Morgan fingerprint density at radius 1 is 0.951 bits per heavy atom. The highest BCUT2D eigenvalue weighted by molar-refractivity contribution is 6.51. The molecule has 7 nitrogen and oxygen atoms in total. The fourth-order valence-corrected chi connectivity index (χ4v) is 5.01. The van der Waals surface area contributed by atoms with Crippen LogP contribution in [-0.4, -0.2) is 44.1 Å². The van der Waals surface area contributed by atoms with E-state index in [0.29, 0.717) is 35.8 Å². The molecule has 0 radical (unpaired) electrons. The van der Waals surface area contributed by atoms with Gasteiger partial charge in [0.2, 0.25) is 0 Å². The number of ketones is 1. The topological polar surface area (TPSA) is 79.3 Å². The summed E-state index contributed by atoms with van der Waals surface area (Å²) >= 11 is 0. The Labute approximate surface area is 243 Å². The monoisotopic (exact) mass is 556 g/mol. The zero-order chi connectivity index (χ0) is 29.9. The van der Waals surface area contributed by atoms with Crippen LogP contribution >= 0.6 is 0 Å². The second-order valence-electron chi connectivity index (χ2n) is 11.4. The average Bonchev–Trinajstić information content (AvgIpc) is 3.21. The maximum Gasteiger partial charge on any atom is 0.300 e. The van der Waals surface area contributed by atoms with Crippen LogP contribution in [0.1, 0.15) is 63.8 Å². The molecular weight excluding hydrogens is 516 g/mol. The minimum absolute atomic E-state index is 0.0384. The van der Waals surface area contributed by atoms with Gasteiger partial charge in [-0.1, -0.05) is 45.9 Å². The molecule has 0 bridgehead atoms. The number of anilines is 2. The Bertz CT molecular complexity index is 1450. The second kappa shape index (κ2) is 12.1. The molecule has 0 aliphatic carbocycles. The van der Waals surface area contributed by atoms with Gasteiger partial charge in [-0.2, -0.15) is 0 Å². The molecule has 0 aromatic heterocycles. The summed E-state index contributed by atoms with van der Waals surface area (Å²) in [6, 6.07) is 19.4. The van der Waals surface area contributed by atoms with E-state index in [0.717, 1.165) is 23.4 Å². The van der Waals surface area contributed by atoms with Gasteiger partial charge in [0, 0.05) is 42.7 Å². The van der Waals surface area contributed by atoms with Crippen LogP contribution in [0, 0.1) is 0 Å². The quantitative estimate of drug-likeness (QED) is 0.176. The van der Waals surface area contributed by atoms with E-state index in [1.165, 1.54) is 4.90 Å². The molecule has 3 aromatic carbocycles. The van der Waals surface area contributed by atoms with Crippen molar-refractivity contribution in [1.82, 2.24) is 0 Å². The lowest BCUT2D eigenvalue weighted by atomic mass is 9.84. The lowest BCUT2D eigenvalue weighted by Crippen LogP contribution is -2.29. The number of ether oxygens (including phenoxy) is 2. The van der Waals surface area contributed by atoms with Crippen LogP contribution in [0.5, 0.6) is 11.5 Å². The van der Waals surface area contributed by atoms with Crippen molar-refractivity contribution in [3.8, 4) is 11.5 Å². The molecule has 3 aromatic rings. The Morgan fingerprint density at radius 2 is 1.66 bits per heavy atom. The number of aliphatic hydroxyl groups excluding tert-OH is 1. The number of carbonyl (C=O) groups is 2. The molecular formula is C34H40N2O5. The average molecular weight is 557 g/mol. The van der Waals surface area contributed by atoms with Gasteiger partial charge >= 0.3 is 0 Å². The van der Waals surface area contributed by atoms with Gasteiger partial charge in [-0.15, -0.1) is 0 Å². The largest absolute Gasteiger partial charge is 0.507 e. The number of carbonyl (C=O) groups excluding carboxylic acids is 2. The van der Waals surface area contributed by atoms with Gasteiger partial charge in [0.1, 0.15) is 17.3 Å². The fraction of sp³-hybridized carbons (Fsp3) is 0.353. The molecule has 216 valence electrons. The van der Waals surface area contributed by atoms with Crippen molar-refractivity contribution in [2.24, 2.45) is 0 Å². The van der Waals surface area contributed by atoms with Crippen molar-refractivity contribution in [2.45, 2.75) is 52.5 Å². The minimum Gasteiger partial charge on any atom is -0.507 e. The zero-order valence-electron chi connectivity index (χ0n) is 25.0. The second-order valence-corrected chi connectivity index (χ2v) is 11.4. The molecule has 1 unspecified atom stereocenters. The molecule has 4 rings (SSSR count). The molecule has 41 heavy (non-hydrogen) atoms. The van der Waals surface area contributed by atoms with Crippen molar-refractivity contribution in [1.29, 1.82) is 0 Å². The van der Waals surface area contributed by atoms with Gasteiger partial charge in [-0.25, -0.2) is 0 Å². The summed E-state index contributed by atoms with van der Waals surface area (Å²) in [5.74, 6) is -0.344. The molecule has 1 N–H and O–H groups in total. The van der Waals surface area contributed by atoms with E-state index >= 15 is 0 Å². The number of rotatable bonds is 9. The van der Waals surface area contributed by atoms with Crippen LogP contribution in [0.4, 0.5) is 11.4 Å². The van der Waals surface area contributed by atoms with E-state index in [1.807, 2.05) is 75.3 Å². The molecule has 1 heterocycles. The van der Waals surface area contributed by atoms with E-state index in [1.54, 1.807) is 24.3 Å². The lowest BCUT2D eigenvalue weighted by Gasteiger charge is -2.27. The highest BCUT2D eigenvalue weighted by Crippen LogP contribution is 2.44. The predicted molar refractivity (Wildman–Crippen MR) is 164 cm³/mol. The van der Waals surface area contributed by atoms with Gasteiger partial charge in [-0.3, -0.25) is 14.5 Å². The number of Topliss-reactive ketones (excluding diaryl/α,β-unsaturated/α-hetero) is 1. The van der Waals surface area contributed by atoms with Crippen molar-refractivity contribution in [3.63, 3.8) is 0 Å². The summed E-state index contributed by atoms with van der Waals surface area (Å²) < 4.78 is 11.7. The molecule has 7 heteroatoms. The Hall–Kier alpha value is -4.26. The molecule has 1 amide bonds. The Morgan fingerprint density at radius 3 is 2.27 bits per heavy atom. The van der Waals surface area contributed by atoms with Gasteiger partial charge in [0.15, 0.2) is 0 Å². The third-order valence-electron chi connectivity index (χ3n) is 7.10. The number of aliphatic hydroxyl groups is 1. The molecule has 1 saturated heterocycles. The zero-order valence-corrected chi connectivity index (χ0v) is 25.0. The summed E-state index contributed by atoms with van der Waals surface area (Å²) in [6.45, 7) is 11.2.